The lowest BCUT2D eigenvalue weighted by Gasteiger charge is -2.37. The highest BCUT2D eigenvalue weighted by atomic mass is 32.2. The third-order valence-electron chi connectivity index (χ3n) is 7.01. The van der Waals surface area contributed by atoms with Gasteiger partial charge >= 0.3 is 0 Å². The molecule has 5 rings (SSSR count). The zero-order valence-corrected chi connectivity index (χ0v) is 18.3. The molecule has 2 aromatic rings. The summed E-state index contributed by atoms with van der Waals surface area (Å²) in [4.78, 5) is 0.390. The Balaban J connectivity index is 1.45. The van der Waals surface area contributed by atoms with Gasteiger partial charge in [-0.2, -0.15) is 0 Å². The van der Waals surface area contributed by atoms with Crippen LogP contribution in [0, 0.1) is 12.8 Å². The maximum atomic E-state index is 13.0. The van der Waals surface area contributed by atoms with Gasteiger partial charge in [0.05, 0.1) is 10.9 Å². The van der Waals surface area contributed by atoms with Gasteiger partial charge in [0.25, 0.3) is 0 Å². The molecule has 0 aromatic heterocycles. The second kappa shape index (κ2) is 7.86. The number of nitrogens with one attached hydrogen (secondary N) is 2. The molecule has 1 saturated carbocycles. The zero-order chi connectivity index (χ0) is 20.7. The fourth-order valence-electron chi connectivity index (χ4n) is 5.35. The fraction of sp³-hybridized carbons (Fsp3) is 0.440. The first-order valence-electron chi connectivity index (χ1n) is 11.2. The number of fused-ring (bicyclic) bond motifs is 3. The Bertz CT molecular complexity index is 1050. The summed E-state index contributed by atoms with van der Waals surface area (Å²) in [7, 11) is -3.49. The molecule has 30 heavy (non-hydrogen) atoms. The van der Waals surface area contributed by atoms with Crippen molar-refractivity contribution in [3.05, 3.63) is 71.3 Å². The minimum Gasteiger partial charge on any atom is -0.378 e. The van der Waals surface area contributed by atoms with Gasteiger partial charge < -0.3 is 5.32 Å². The van der Waals surface area contributed by atoms with Crippen molar-refractivity contribution in [3.8, 4) is 0 Å². The molecular weight excluding hydrogens is 392 g/mol. The summed E-state index contributed by atoms with van der Waals surface area (Å²) < 4.78 is 29.0. The Hall–Kier alpha value is -2.11. The molecule has 2 N–H and O–H groups in total. The molecule has 4 nitrogen and oxygen atoms in total. The van der Waals surface area contributed by atoms with Crippen LogP contribution in [0.25, 0.3) is 0 Å². The average molecular weight is 423 g/mol. The predicted molar refractivity (Wildman–Crippen MR) is 121 cm³/mol. The number of allylic oxidation sites excluding steroid dienone is 2. The number of aryl methyl sites for hydroxylation is 1. The third kappa shape index (κ3) is 3.69. The van der Waals surface area contributed by atoms with Crippen molar-refractivity contribution in [2.45, 2.75) is 68.3 Å². The van der Waals surface area contributed by atoms with Crippen LogP contribution >= 0.6 is 0 Å². The summed E-state index contributed by atoms with van der Waals surface area (Å²) in [6.07, 6.45) is 10.8. The first-order valence-corrected chi connectivity index (χ1v) is 12.7. The minimum atomic E-state index is -3.49. The third-order valence-corrected chi connectivity index (χ3v) is 8.53. The van der Waals surface area contributed by atoms with E-state index < -0.39 is 10.0 Å². The molecule has 0 spiro atoms. The molecule has 5 heteroatoms. The molecule has 1 fully saturated rings. The van der Waals surface area contributed by atoms with Crippen LogP contribution in [0.2, 0.25) is 0 Å². The van der Waals surface area contributed by atoms with Gasteiger partial charge in [-0.1, -0.05) is 61.2 Å². The van der Waals surface area contributed by atoms with Crippen molar-refractivity contribution in [2.75, 3.05) is 5.32 Å². The van der Waals surface area contributed by atoms with E-state index in [1.807, 2.05) is 12.1 Å². The lowest BCUT2D eigenvalue weighted by Crippen LogP contribution is -2.36. The van der Waals surface area contributed by atoms with Crippen LogP contribution in [0.3, 0.4) is 0 Å². The van der Waals surface area contributed by atoms with E-state index in [1.54, 1.807) is 6.07 Å². The van der Waals surface area contributed by atoms with E-state index in [9.17, 15) is 8.42 Å². The van der Waals surface area contributed by atoms with Crippen molar-refractivity contribution in [2.24, 2.45) is 5.92 Å². The molecule has 0 amide bonds. The number of hydrogen-bond acceptors (Lipinski definition) is 3. The standard InChI is InChI=1S/C25H30N2O2S/c1-17-10-12-18(13-11-17)25-22-9-5-8-21(22)23-16-20(14-15-24(23)26-25)30(28,29)27-19-6-3-2-4-7-19/h5,8,10-16,19,21-22,25-27H,2-4,6-7,9H2,1H3. The quantitative estimate of drug-likeness (QED) is 0.646. The van der Waals surface area contributed by atoms with Crippen molar-refractivity contribution >= 4 is 15.7 Å². The van der Waals surface area contributed by atoms with Gasteiger partial charge in [-0.15, -0.1) is 0 Å². The fourth-order valence-corrected chi connectivity index (χ4v) is 6.69. The van der Waals surface area contributed by atoms with Crippen LogP contribution < -0.4 is 10.0 Å². The number of sulfonamides is 1. The summed E-state index contributed by atoms with van der Waals surface area (Å²) in [5, 5.41) is 3.71. The lowest BCUT2D eigenvalue weighted by molar-refractivity contribution is 0.411. The Morgan fingerprint density at radius 1 is 1.00 bits per heavy atom. The highest BCUT2D eigenvalue weighted by molar-refractivity contribution is 7.89. The van der Waals surface area contributed by atoms with E-state index in [0.29, 0.717) is 10.8 Å². The van der Waals surface area contributed by atoms with E-state index in [4.69, 9.17) is 0 Å². The van der Waals surface area contributed by atoms with Crippen molar-refractivity contribution in [1.29, 1.82) is 0 Å². The maximum Gasteiger partial charge on any atom is 0.240 e. The second-order valence-corrected chi connectivity index (χ2v) is 10.8. The van der Waals surface area contributed by atoms with E-state index in [0.717, 1.165) is 43.4 Å². The van der Waals surface area contributed by atoms with Crippen molar-refractivity contribution in [1.82, 2.24) is 4.72 Å². The molecule has 0 saturated heterocycles. The minimum absolute atomic E-state index is 0.0722. The number of rotatable bonds is 4. The van der Waals surface area contributed by atoms with Crippen LogP contribution in [-0.2, 0) is 10.0 Å². The van der Waals surface area contributed by atoms with Gasteiger partial charge in [0, 0.05) is 17.6 Å². The van der Waals surface area contributed by atoms with Crippen LogP contribution in [0.1, 0.15) is 67.2 Å². The topological polar surface area (TPSA) is 58.2 Å². The Morgan fingerprint density at radius 2 is 1.77 bits per heavy atom. The molecule has 158 valence electrons. The van der Waals surface area contributed by atoms with Crippen LogP contribution in [0.15, 0.2) is 59.5 Å². The van der Waals surface area contributed by atoms with E-state index in [2.05, 4.69) is 53.4 Å². The molecule has 0 radical (unpaired) electrons. The highest BCUT2D eigenvalue weighted by Gasteiger charge is 2.38. The van der Waals surface area contributed by atoms with Gasteiger partial charge in [-0.3, -0.25) is 0 Å². The summed E-state index contributed by atoms with van der Waals surface area (Å²) in [6, 6.07) is 14.7. The summed E-state index contributed by atoms with van der Waals surface area (Å²) in [5.74, 6) is 0.654. The summed E-state index contributed by atoms with van der Waals surface area (Å²) in [5.41, 5.74) is 4.70. The Labute approximate surface area is 179 Å². The molecule has 3 unspecified atom stereocenters. The largest absolute Gasteiger partial charge is 0.378 e. The first kappa shape index (κ1) is 19.8. The van der Waals surface area contributed by atoms with Gasteiger partial charge in [-0.05, 0) is 61.4 Å². The van der Waals surface area contributed by atoms with E-state index in [-0.39, 0.29) is 18.0 Å². The van der Waals surface area contributed by atoms with Gasteiger partial charge in [0.2, 0.25) is 10.0 Å². The van der Waals surface area contributed by atoms with Crippen LogP contribution in [0.5, 0.6) is 0 Å². The number of hydrogen-bond donors (Lipinski definition) is 2. The predicted octanol–water partition coefficient (Wildman–Crippen LogP) is 5.43. The normalized spacial score (nSPS) is 26.1. The Morgan fingerprint density at radius 3 is 2.53 bits per heavy atom. The number of anilines is 1. The van der Waals surface area contributed by atoms with E-state index >= 15 is 0 Å². The molecule has 3 aliphatic rings. The molecular formula is C25H30N2O2S. The monoisotopic (exact) mass is 422 g/mol. The maximum absolute atomic E-state index is 13.0. The average Bonchev–Trinajstić information content (AvgIpc) is 3.24. The molecule has 1 heterocycles. The molecule has 2 aliphatic carbocycles. The van der Waals surface area contributed by atoms with Gasteiger partial charge in [0.1, 0.15) is 0 Å². The van der Waals surface area contributed by atoms with Gasteiger partial charge in [-0.25, -0.2) is 13.1 Å². The Kier molecular flexibility index (Phi) is 5.19. The number of benzene rings is 2. The lowest BCUT2D eigenvalue weighted by atomic mass is 9.77. The van der Waals surface area contributed by atoms with Crippen molar-refractivity contribution < 1.29 is 8.42 Å². The van der Waals surface area contributed by atoms with Crippen molar-refractivity contribution in [3.63, 3.8) is 0 Å². The SMILES string of the molecule is Cc1ccc(C2Nc3ccc(S(=O)(=O)NC4CCCCC4)cc3C3C=CCC32)cc1. The summed E-state index contributed by atoms with van der Waals surface area (Å²) in [6.45, 7) is 2.11. The highest BCUT2D eigenvalue weighted by Crippen LogP contribution is 2.50. The molecule has 3 atom stereocenters. The second-order valence-electron chi connectivity index (χ2n) is 9.09. The zero-order valence-electron chi connectivity index (χ0n) is 17.5. The smallest absolute Gasteiger partial charge is 0.240 e. The molecule has 0 bridgehead atoms. The van der Waals surface area contributed by atoms with Crippen LogP contribution in [0.4, 0.5) is 5.69 Å². The van der Waals surface area contributed by atoms with Crippen LogP contribution in [-0.4, -0.2) is 14.5 Å². The van der Waals surface area contributed by atoms with E-state index in [1.165, 1.54) is 17.5 Å². The van der Waals surface area contributed by atoms with Gasteiger partial charge in [0.15, 0.2) is 0 Å². The summed E-state index contributed by atoms with van der Waals surface area (Å²) >= 11 is 0. The molecule has 1 aliphatic heterocycles. The first-order chi connectivity index (χ1) is 14.5. The molecule has 2 aromatic carbocycles.